The third-order valence-electron chi connectivity index (χ3n) is 1.82. The molecule has 0 aliphatic heterocycles. The third kappa shape index (κ3) is 3.03. The summed E-state index contributed by atoms with van der Waals surface area (Å²) < 4.78 is 0. The summed E-state index contributed by atoms with van der Waals surface area (Å²) in [5.74, 6) is 0. The number of hydrogen-bond acceptors (Lipinski definition) is 1. The molecule has 0 saturated carbocycles. The van der Waals surface area contributed by atoms with Gasteiger partial charge in [-0.05, 0) is 18.1 Å². The van der Waals surface area contributed by atoms with E-state index in [1.807, 2.05) is 19.1 Å². The van der Waals surface area contributed by atoms with Crippen LogP contribution in [0.5, 0.6) is 0 Å². The van der Waals surface area contributed by atoms with E-state index in [2.05, 4.69) is 0 Å². The Labute approximate surface area is 94.6 Å². The van der Waals surface area contributed by atoms with Gasteiger partial charge in [0.15, 0.2) is 0 Å². The second-order valence-corrected chi connectivity index (χ2v) is 3.44. The second kappa shape index (κ2) is 5.71. The van der Waals surface area contributed by atoms with E-state index in [1.165, 1.54) is 0 Å². The monoisotopic (exact) mass is 239 g/mol. The highest BCUT2D eigenvalue weighted by molar-refractivity contribution is 6.42. The first kappa shape index (κ1) is 13.1. The Morgan fingerprint density at radius 2 is 2.00 bits per heavy atom. The summed E-state index contributed by atoms with van der Waals surface area (Å²) in [6, 6.07) is 5.51. The summed E-state index contributed by atoms with van der Waals surface area (Å²) in [6.07, 6.45) is 0.861. The first-order valence-electron chi connectivity index (χ1n) is 3.86. The van der Waals surface area contributed by atoms with Gasteiger partial charge in [0.25, 0.3) is 0 Å². The molecule has 1 nitrogen and oxygen atoms in total. The molecular weight excluding hydrogens is 228 g/mol. The van der Waals surface area contributed by atoms with Crippen molar-refractivity contribution >= 4 is 35.6 Å². The molecule has 1 atom stereocenters. The van der Waals surface area contributed by atoms with Crippen LogP contribution >= 0.6 is 35.6 Å². The minimum Gasteiger partial charge on any atom is -0.324 e. The van der Waals surface area contributed by atoms with Crippen molar-refractivity contribution in [3.63, 3.8) is 0 Å². The fourth-order valence-electron chi connectivity index (χ4n) is 1.03. The van der Waals surface area contributed by atoms with Gasteiger partial charge >= 0.3 is 0 Å². The van der Waals surface area contributed by atoms with Crippen LogP contribution in [0.3, 0.4) is 0 Å². The highest BCUT2D eigenvalue weighted by atomic mass is 35.5. The zero-order valence-electron chi connectivity index (χ0n) is 7.26. The van der Waals surface area contributed by atoms with Crippen molar-refractivity contribution < 1.29 is 0 Å². The molecule has 0 heterocycles. The Morgan fingerprint density at radius 3 is 2.54 bits per heavy atom. The minimum atomic E-state index is -0.0174. The topological polar surface area (TPSA) is 26.0 Å². The molecule has 0 aliphatic rings. The van der Waals surface area contributed by atoms with E-state index in [1.54, 1.807) is 6.07 Å². The van der Waals surface area contributed by atoms with Crippen molar-refractivity contribution in [3.05, 3.63) is 33.8 Å². The van der Waals surface area contributed by atoms with Crippen LogP contribution in [-0.4, -0.2) is 0 Å². The van der Waals surface area contributed by atoms with E-state index >= 15 is 0 Å². The molecule has 0 aromatic heterocycles. The molecule has 0 radical (unpaired) electrons. The predicted octanol–water partition coefficient (Wildman–Crippen LogP) is 3.83. The molecule has 0 unspecified atom stereocenters. The van der Waals surface area contributed by atoms with Crippen molar-refractivity contribution in [1.82, 2.24) is 0 Å². The lowest BCUT2D eigenvalue weighted by Gasteiger charge is -2.11. The molecule has 1 rings (SSSR count). The number of rotatable bonds is 2. The Bertz CT molecular complexity index is 276. The quantitative estimate of drug-likeness (QED) is 0.835. The van der Waals surface area contributed by atoms with E-state index in [-0.39, 0.29) is 18.4 Å². The molecule has 0 fully saturated rings. The molecule has 0 spiro atoms. The lowest BCUT2D eigenvalue weighted by atomic mass is 10.1. The van der Waals surface area contributed by atoms with Crippen LogP contribution < -0.4 is 5.73 Å². The second-order valence-electron chi connectivity index (χ2n) is 2.66. The van der Waals surface area contributed by atoms with Crippen molar-refractivity contribution in [1.29, 1.82) is 0 Å². The SMILES string of the molecule is CC[C@H](N)c1cccc(Cl)c1Cl.Cl. The Morgan fingerprint density at radius 1 is 1.38 bits per heavy atom. The van der Waals surface area contributed by atoms with Crippen LogP contribution in [0.4, 0.5) is 0 Å². The smallest absolute Gasteiger partial charge is 0.0639 e. The zero-order chi connectivity index (χ0) is 9.14. The number of nitrogens with two attached hydrogens (primary N) is 1. The van der Waals surface area contributed by atoms with Gasteiger partial charge in [-0.1, -0.05) is 42.3 Å². The fraction of sp³-hybridized carbons (Fsp3) is 0.333. The molecular formula is C9H12Cl3N. The van der Waals surface area contributed by atoms with Crippen molar-refractivity contribution in [2.75, 3.05) is 0 Å². The van der Waals surface area contributed by atoms with Crippen LogP contribution in [0.15, 0.2) is 18.2 Å². The summed E-state index contributed by atoms with van der Waals surface area (Å²) in [5, 5.41) is 1.14. The minimum absolute atomic E-state index is 0. The van der Waals surface area contributed by atoms with Gasteiger partial charge in [0.05, 0.1) is 10.0 Å². The van der Waals surface area contributed by atoms with E-state index in [0.29, 0.717) is 10.0 Å². The Balaban J connectivity index is 0.00000144. The summed E-state index contributed by atoms with van der Waals surface area (Å²) in [7, 11) is 0. The van der Waals surface area contributed by atoms with Crippen LogP contribution in [0.1, 0.15) is 24.9 Å². The maximum Gasteiger partial charge on any atom is 0.0639 e. The highest BCUT2D eigenvalue weighted by Crippen LogP contribution is 2.29. The molecule has 2 N–H and O–H groups in total. The number of benzene rings is 1. The third-order valence-corrected chi connectivity index (χ3v) is 2.65. The average molecular weight is 241 g/mol. The van der Waals surface area contributed by atoms with E-state index < -0.39 is 0 Å². The van der Waals surface area contributed by atoms with Crippen LogP contribution in [0.25, 0.3) is 0 Å². The van der Waals surface area contributed by atoms with Gasteiger partial charge < -0.3 is 5.73 Å². The van der Waals surface area contributed by atoms with Gasteiger partial charge in [0.1, 0.15) is 0 Å². The molecule has 1 aromatic rings. The lowest BCUT2D eigenvalue weighted by molar-refractivity contribution is 0.699. The van der Waals surface area contributed by atoms with Gasteiger partial charge in [-0.25, -0.2) is 0 Å². The standard InChI is InChI=1S/C9H11Cl2N.ClH/c1-2-8(12)6-4-3-5-7(10)9(6)11;/h3-5,8H,2,12H2,1H3;1H/t8-;/m0./s1. The fourth-order valence-corrected chi connectivity index (χ4v) is 1.47. The van der Waals surface area contributed by atoms with Gasteiger partial charge in [0, 0.05) is 6.04 Å². The molecule has 0 aliphatic carbocycles. The largest absolute Gasteiger partial charge is 0.324 e. The summed E-state index contributed by atoms with van der Waals surface area (Å²) in [6.45, 7) is 2.02. The zero-order valence-corrected chi connectivity index (χ0v) is 9.59. The van der Waals surface area contributed by atoms with Crippen molar-refractivity contribution in [2.45, 2.75) is 19.4 Å². The average Bonchev–Trinajstić information content (AvgIpc) is 2.08. The normalized spacial score (nSPS) is 12.0. The van der Waals surface area contributed by atoms with E-state index in [9.17, 15) is 0 Å². The molecule has 1 aromatic carbocycles. The summed E-state index contributed by atoms with van der Waals surface area (Å²) in [4.78, 5) is 0. The van der Waals surface area contributed by atoms with Gasteiger partial charge in [0.2, 0.25) is 0 Å². The first-order valence-corrected chi connectivity index (χ1v) is 4.62. The van der Waals surface area contributed by atoms with Crippen LogP contribution in [-0.2, 0) is 0 Å². The van der Waals surface area contributed by atoms with E-state index in [4.69, 9.17) is 28.9 Å². The molecule has 13 heavy (non-hydrogen) atoms. The Kier molecular flexibility index (Phi) is 5.73. The Hall–Kier alpha value is 0.0500. The van der Waals surface area contributed by atoms with E-state index in [0.717, 1.165) is 12.0 Å². The molecule has 74 valence electrons. The lowest BCUT2D eigenvalue weighted by Crippen LogP contribution is -2.09. The van der Waals surface area contributed by atoms with Gasteiger partial charge in [-0.2, -0.15) is 0 Å². The summed E-state index contributed by atoms with van der Waals surface area (Å²) >= 11 is 11.8. The van der Waals surface area contributed by atoms with Crippen LogP contribution in [0.2, 0.25) is 10.0 Å². The first-order chi connectivity index (χ1) is 5.66. The maximum absolute atomic E-state index is 5.95. The van der Waals surface area contributed by atoms with Crippen molar-refractivity contribution in [2.24, 2.45) is 5.73 Å². The maximum atomic E-state index is 5.95. The molecule has 0 bridgehead atoms. The summed E-state index contributed by atoms with van der Waals surface area (Å²) in [5.41, 5.74) is 6.74. The highest BCUT2D eigenvalue weighted by Gasteiger charge is 2.09. The number of hydrogen-bond donors (Lipinski definition) is 1. The number of halogens is 3. The van der Waals surface area contributed by atoms with Crippen molar-refractivity contribution in [3.8, 4) is 0 Å². The molecule has 0 amide bonds. The molecule has 4 heteroatoms. The molecule has 0 saturated heterocycles. The van der Waals surface area contributed by atoms with Gasteiger partial charge in [-0.3, -0.25) is 0 Å². The van der Waals surface area contributed by atoms with Gasteiger partial charge in [-0.15, -0.1) is 12.4 Å². The van der Waals surface area contributed by atoms with Crippen LogP contribution in [0, 0.1) is 0 Å². The predicted molar refractivity (Wildman–Crippen MR) is 60.9 cm³/mol.